The van der Waals surface area contributed by atoms with Gasteiger partial charge in [-0.1, -0.05) is 24.3 Å². The maximum absolute atomic E-state index is 12.3. The summed E-state index contributed by atoms with van der Waals surface area (Å²) in [5.41, 5.74) is 0.406. The highest BCUT2D eigenvalue weighted by Gasteiger charge is 2.21. The van der Waals surface area contributed by atoms with Crippen LogP contribution in [0.3, 0.4) is 0 Å². The molecule has 152 valence electrons. The van der Waals surface area contributed by atoms with E-state index in [1.807, 2.05) is 37.3 Å². The smallest absolute Gasteiger partial charge is 0.240 e. The molecule has 1 N–H and O–H groups in total. The molecule has 0 saturated heterocycles. The quantitative estimate of drug-likeness (QED) is 0.445. The van der Waals surface area contributed by atoms with Gasteiger partial charge in [0, 0.05) is 17.5 Å². The van der Waals surface area contributed by atoms with Crippen LogP contribution in [0.15, 0.2) is 59.5 Å². The lowest BCUT2D eigenvalue weighted by Gasteiger charge is -2.22. The van der Waals surface area contributed by atoms with Crippen LogP contribution >= 0.6 is 11.8 Å². The van der Waals surface area contributed by atoms with Gasteiger partial charge in [0.15, 0.2) is 0 Å². The Labute approximate surface area is 171 Å². The molecule has 8 heteroatoms. The van der Waals surface area contributed by atoms with E-state index in [4.69, 9.17) is 4.74 Å². The van der Waals surface area contributed by atoms with Crippen LogP contribution in [0.5, 0.6) is 5.75 Å². The molecule has 2 rings (SSSR count). The number of nitrogens with zero attached hydrogens (tertiary/aromatic N) is 1. The van der Waals surface area contributed by atoms with Gasteiger partial charge in [-0.3, -0.25) is 9.10 Å². The number of hydrogen-bond donors (Lipinski definition) is 1. The third-order valence-corrected chi connectivity index (χ3v) is 6.00. The zero-order valence-corrected chi connectivity index (χ0v) is 17.8. The molecule has 0 saturated carbocycles. The summed E-state index contributed by atoms with van der Waals surface area (Å²) in [7, 11) is -3.60. The van der Waals surface area contributed by atoms with Gasteiger partial charge in [-0.25, -0.2) is 8.42 Å². The molecule has 0 heterocycles. The first-order valence-electron chi connectivity index (χ1n) is 9.05. The number of sulfonamides is 1. The standard InChI is InChI=1S/C20H26N2O4S2/c1-3-26-18-10-7-9-17(15-18)22(28(2,24)25)16-20(23)21-13-8-14-27-19-11-5-4-6-12-19/h4-7,9-12,15H,3,8,13-14,16H2,1-2H3,(H,21,23). The molecule has 0 bridgehead atoms. The number of ether oxygens (including phenoxy) is 1. The first-order chi connectivity index (χ1) is 13.4. The summed E-state index contributed by atoms with van der Waals surface area (Å²) < 4.78 is 30.8. The minimum Gasteiger partial charge on any atom is -0.494 e. The normalized spacial score (nSPS) is 11.1. The van der Waals surface area contributed by atoms with Gasteiger partial charge in [-0.2, -0.15) is 0 Å². The lowest BCUT2D eigenvalue weighted by molar-refractivity contribution is -0.119. The van der Waals surface area contributed by atoms with Crippen molar-refractivity contribution in [3.63, 3.8) is 0 Å². The predicted molar refractivity (Wildman–Crippen MR) is 115 cm³/mol. The van der Waals surface area contributed by atoms with Crippen LogP contribution < -0.4 is 14.4 Å². The van der Waals surface area contributed by atoms with Crippen molar-refractivity contribution >= 4 is 33.4 Å². The number of carbonyl (C=O) groups is 1. The fourth-order valence-electron chi connectivity index (χ4n) is 2.49. The Morgan fingerprint density at radius 1 is 1.14 bits per heavy atom. The van der Waals surface area contributed by atoms with Crippen LogP contribution in [0, 0.1) is 0 Å². The van der Waals surface area contributed by atoms with E-state index in [2.05, 4.69) is 5.32 Å². The van der Waals surface area contributed by atoms with Gasteiger partial charge < -0.3 is 10.1 Å². The Balaban J connectivity index is 1.86. The molecule has 0 atom stereocenters. The molecular weight excluding hydrogens is 396 g/mol. The number of nitrogens with one attached hydrogen (secondary N) is 1. The zero-order valence-electron chi connectivity index (χ0n) is 16.1. The van der Waals surface area contributed by atoms with Crippen molar-refractivity contribution in [2.75, 3.05) is 36.0 Å². The van der Waals surface area contributed by atoms with Crippen molar-refractivity contribution in [3.8, 4) is 5.75 Å². The van der Waals surface area contributed by atoms with Gasteiger partial charge in [-0.15, -0.1) is 11.8 Å². The van der Waals surface area contributed by atoms with Gasteiger partial charge in [0.25, 0.3) is 0 Å². The van der Waals surface area contributed by atoms with E-state index in [1.54, 1.807) is 36.0 Å². The van der Waals surface area contributed by atoms with Crippen molar-refractivity contribution in [1.29, 1.82) is 0 Å². The highest BCUT2D eigenvalue weighted by Crippen LogP contribution is 2.23. The van der Waals surface area contributed by atoms with E-state index >= 15 is 0 Å². The predicted octanol–water partition coefficient (Wildman–Crippen LogP) is 3.15. The summed E-state index contributed by atoms with van der Waals surface area (Å²) in [6, 6.07) is 16.8. The molecule has 2 aromatic carbocycles. The van der Waals surface area contributed by atoms with E-state index in [-0.39, 0.29) is 12.5 Å². The SMILES string of the molecule is CCOc1cccc(N(CC(=O)NCCCSc2ccccc2)S(C)(=O)=O)c1. The zero-order chi connectivity index (χ0) is 20.4. The molecule has 1 amide bonds. The van der Waals surface area contributed by atoms with Crippen molar-refractivity contribution in [2.24, 2.45) is 0 Å². The molecule has 0 aliphatic heterocycles. The fourth-order valence-corrected chi connectivity index (χ4v) is 4.21. The largest absolute Gasteiger partial charge is 0.494 e. The van der Waals surface area contributed by atoms with Crippen LogP contribution in [0.4, 0.5) is 5.69 Å². The maximum Gasteiger partial charge on any atom is 0.240 e. The summed E-state index contributed by atoms with van der Waals surface area (Å²) in [6.07, 6.45) is 1.88. The molecular formula is C20H26N2O4S2. The van der Waals surface area contributed by atoms with Crippen LogP contribution in [0.25, 0.3) is 0 Å². The second-order valence-electron chi connectivity index (χ2n) is 6.07. The molecule has 6 nitrogen and oxygen atoms in total. The highest BCUT2D eigenvalue weighted by atomic mass is 32.2. The Bertz CT molecular complexity index is 858. The van der Waals surface area contributed by atoms with E-state index in [0.29, 0.717) is 24.6 Å². The summed E-state index contributed by atoms with van der Waals surface area (Å²) in [6.45, 7) is 2.56. The van der Waals surface area contributed by atoms with Gasteiger partial charge in [0.1, 0.15) is 12.3 Å². The van der Waals surface area contributed by atoms with Crippen molar-refractivity contribution < 1.29 is 17.9 Å². The van der Waals surface area contributed by atoms with Gasteiger partial charge in [0.2, 0.25) is 15.9 Å². The Kier molecular flexibility index (Phi) is 8.66. The molecule has 0 spiro atoms. The Hall–Kier alpha value is -2.19. The van der Waals surface area contributed by atoms with Crippen molar-refractivity contribution in [2.45, 2.75) is 18.2 Å². The van der Waals surface area contributed by atoms with Gasteiger partial charge in [-0.05, 0) is 43.4 Å². The average molecular weight is 423 g/mol. The van der Waals surface area contributed by atoms with E-state index in [1.165, 1.54) is 4.90 Å². The first kappa shape index (κ1) is 22.1. The molecule has 0 aliphatic rings. The molecule has 0 unspecified atom stereocenters. The van der Waals surface area contributed by atoms with Crippen molar-refractivity contribution in [3.05, 3.63) is 54.6 Å². The second-order valence-corrected chi connectivity index (χ2v) is 9.14. The minimum absolute atomic E-state index is 0.264. The third kappa shape index (κ3) is 7.44. The summed E-state index contributed by atoms with van der Waals surface area (Å²) in [4.78, 5) is 13.4. The van der Waals surface area contributed by atoms with E-state index in [0.717, 1.165) is 22.7 Å². The maximum atomic E-state index is 12.3. The van der Waals surface area contributed by atoms with Crippen LogP contribution in [-0.4, -0.2) is 46.0 Å². The van der Waals surface area contributed by atoms with Crippen LogP contribution in [0.1, 0.15) is 13.3 Å². The Morgan fingerprint density at radius 3 is 2.57 bits per heavy atom. The summed E-state index contributed by atoms with van der Waals surface area (Å²) in [5.74, 6) is 1.10. The lowest BCUT2D eigenvalue weighted by Crippen LogP contribution is -2.40. The minimum atomic E-state index is -3.60. The highest BCUT2D eigenvalue weighted by molar-refractivity contribution is 7.99. The van der Waals surface area contributed by atoms with Crippen molar-refractivity contribution in [1.82, 2.24) is 5.32 Å². The van der Waals surface area contributed by atoms with E-state index in [9.17, 15) is 13.2 Å². The molecule has 0 aliphatic carbocycles. The van der Waals surface area contributed by atoms with Crippen LogP contribution in [0.2, 0.25) is 0 Å². The van der Waals surface area contributed by atoms with Crippen LogP contribution in [-0.2, 0) is 14.8 Å². The number of anilines is 1. The number of benzene rings is 2. The van der Waals surface area contributed by atoms with E-state index < -0.39 is 10.0 Å². The first-order valence-corrected chi connectivity index (χ1v) is 11.9. The van der Waals surface area contributed by atoms with Gasteiger partial charge in [0.05, 0.1) is 18.6 Å². The summed E-state index contributed by atoms with van der Waals surface area (Å²) in [5, 5.41) is 2.79. The monoisotopic (exact) mass is 422 g/mol. The number of amides is 1. The molecule has 0 radical (unpaired) electrons. The number of hydrogen-bond acceptors (Lipinski definition) is 5. The Morgan fingerprint density at radius 2 is 1.89 bits per heavy atom. The topological polar surface area (TPSA) is 75.7 Å². The molecule has 28 heavy (non-hydrogen) atoms. The molecule has 0 aromatic heterocycles. The average Bonchev–Trinajstić information content (AvgIpc) is 2.66. The number of thioether (sulfide) groups is 1. The summed E-state index contributed by atoms with van der Waals surface area (Å²) >= 11 is 1.72. The second kappa shape index (κ2) is 11.0. The molecule has 2 aromatic rings. The number of carbonyl (C=O) groups excluding carboxylic acids is 1. The number of rotatable bonds is 11. The fraction of sp³-hybridized carbons (Fsp3) is 0.350. The lowest BCUT2D eigenvalue weighted by atomic mass is 10.3. The van der Waals surface area contributed by atoms with Gasteiger partial charge >= 0.3 is 0 Å². The third-order valence-electron chi connectivity index (χ3n) is 3.76. The molecule has 0 fully saturated rings.